The third kappa shape index (κ3) is 5.44. The fraction of sp³-hybridized carbons (Fsp3) is 0.900. The molecule has 0 fully saturated rings. The Bertz CT molecular complexity index is 105. The first-order valence-corrected chi connectivity index (χ1v) is 5.73. The molecule has 11 heavy (non-hydrogen) atoms. The molecule has 0 saturated carbocycles. The first kappa shape index (κ1) is 11.2. The molecule has 1 atom stereocenters. The van der Waals surface area contributed by atoms with Crippen molar-refractivity contribution in [3.63, 3.8) is 0 Å². The van der Waals surface area contributed by atoms with E-state index < -0.39 is 0 Å². The zero-order valence-corrected chi connectivity index (χ0v) is 9.20. The van der Waals surface area contributed by atoms with Gasteiger partial charge in [0.25, 0.3) is 0 Å². The van der Waals surface area contributed by atoms with E-state index in [2.05, 4.69) is 33.5 Å². The molecule has 0 aromatic heterocycles. The van der Waals surface area contributed by atoms with Crippen LogP contribution in [0.4, 0.5) is 0 Å². The molecule has 0 radical (unpaired) electrons. The zero-order chi connectivity index (χ0) is 8.69. The number of rotatable bonds is 5. The van der Waals surface area contributed by atoms with Gasteiger partial charge in [0, 0.05) is 5.66 Å². The van der Waals surface area contributed by atoms with E-state index in [0.717, 1.165) is 11.6 Å². The van der Waals surface area contributed by atoms with Crippen molar-refractivity contribution < 1.29 is 0 Å². The lowest BCUT2D eigenvalue weighted by molar-refractivity contribution is 0.550. The highest BCUT2D eigenvalue weighted by atomic mass is 31.1. The highest BCUT2D eigenvalue weighted by Gasteiger charge is 2.08. The lowest BCUT2D eigenvalue weighted by Crippen LogP contribution is -2.07. The second-order valence-electron chi connectivity index (χ2n) is 3.36. The number of unbranched alkanes of at least 4 members (excludes halogenated alkanes) is 1. The van der Waals surface area contributed by atoms with Crippen molar-refractivity contribution in [1.29, 1.82) is 0 Å². The Morgan fingerprint density at radius 2 is 2.00 bits per heavy atom. The van der Waals surface area contributed by atoms with Crippen molar-refractivity contribution >= 4 is 14.0 Å². The smallest absolute Gasteiger partial charge is 0.00287 e. The van der Waals surface area contributed by atoms with Crippen molar-refractivity contribution in [1.82, 2.24) is 0 Å². The molecule has 1 heteroatoms. The molecule has 0 saturated heterocycles. The van der Waals surface area contributed by atoms with E-state index in [1.54, 1.807) is 0 Å². The third-order valence-corrected chi connectivity index (χ3v) is 3.50. The van der Waals surface area contributed by atoms with Gasteiger partial charge in [-0.3, -0.25) is 0 Å². The summed E-state index contributed by atoms with van der Waals surface area (Å²) in [7, 11) is 1.54. The summed E-state index contributed by atoms with van der Waals surface area (Å²) in [6, 6.07) is 0. The molecule has 66 valence electrons. The summed E-state index contributed by atoms with van der Waals surface area (Å²) in [4.78, 5) is 0. The first-order valence-electron chi connectivity index (χ1n) is 4.70. The second-order valence-corrected chi connectivity index (χ2v) is 4.84. The summed E-state index contributed by atoms with van der Waals surface area (Å²) in [6.45, 7) is 9.08. The van der Waals surface area contributed by atoms with E-state index in [-0.39, 0.29) is 0 Å². The van der Waals surface area contributed by atoms with Gasteiger partial charge in [-0.1, -0.05) is 39.4 Å². The van der Waals surface area contributed by atoms with Crippen LogP contribution in [-0.4, -0.2) is 11.5 Å². The molecule has 1 unspecified atom stereocenters. The summed E-state index contributed by atoms with van der Waals surface area (Å²) in [6.07, 6.45) is 4.13. The Morgan fingerprint density at radius 3 is 2.36 bits per heavy atom. The second kappa shape index (κ2) is 6.85. The monoisotopic (exact) mass is 172 g/mol. The Balaban J connectivity index is 3.70. The average molecular weight is 172 g/mol. The molecule has 0 aromatic rings. The first-order chi connectivity index (χ1) is 5.22. The molecule has 0 rings (SSSR count). The summed E-state index contributed by atoms with van der Waals surface area (Å²) in [5.41, 5.74) is 0.903. The maximum absolute atomic E-state index is 2.33. The van der Waals surface area contributed by atoms with Crippen LogP contribution in [-0.2, 0) is 0 Å². The minimum atomic E-state index is 0.847. The van der Waals surface area contributed by atoms with Crippen LogP contribution < -0.4 is 0 Å². The topological polar surface area (TPSA) is 0 Å². The predicted molar refractivity (Wildman–Crippen MR) is 56.8 cm³/mol. The van der Waals surface area contributed by atoms with E-state index in [0.29, 0.717) is 0 Å². The molecule has 0 aromatic carbocycles. The van der Waals surface area contributed by atoms with Crippen LogP contribution in [0.3, 0.4) is 0 Å². The van der Waals surface area contributed by atoms with Gasteiger partial charge in [-0.15, -0.1) is 8.20 Å². The summed E-state index contributed by atoms with van der Waals surface area (Å²) >= 11 is 0. The molecular weight excluding hydrogens is 151 g/mol. The minimum absolute atomic E-state index is 0.847. The Morgan fingerprint density at radius 1 is 1.36 bits per heavy atom. The van der Waals surface area contributed by atoms with Gasteiger partial charge in [-0.2, -0.15) is 0 Å². The molecule has 0 heterocycles. The van der Waals surface area contributed by atoms with Gasteiger partial charge >= 0.3 is 0 Å². The van der Waals surface area contributed by atoms with Gasteiger partial charge in [0.05, 0.1) is 0 Å². The molecule has 0 N–H and O–H groups in total. The Kier molecular flexibility index (Phi) is 6.96. The summed E-state index contributed by atoms with van der Waals surface area (Å²) in [5.74, 6) is 3.12. The van der Waals surface area contributed by atoms with Crippen LogP contribution in [0.25, 0.3) is 0 Å². The Hall–Kier alpha value is 0.170. The zero-order valence-electron chi connectivity index (χ0n) is 8.30. The highest BCUT2D eigenvalue weighted by molar-refractivity contribution is 7.39. The van der Waals surface area contributed by atoms with E-state index in [1.165, 1.54) is 27.5 Å². The standard InChI is InChI=1S/C10H21P/c1-5-7-8-10(9(3)4)11-6-2/h6,9-10H,5,7-8H2,1-4H3. The number of hydrogen-bond acceptors (Lipinski definition) is 0. The molecule has 0 bridgehead atoms. The van der Waals surface area contributed by atoms with Gasteiger partial charge in [-0.25, -0.2) is 0 Å². The molecule has 0 spiro atoms. The predicted octanol–water partition coefficient (Wildman–Crippen LogP) is 3.97. The van der Waals surface area contributed by atoms with Gasteiger partial charge in [0.15, 0.2) is 0 Å². The van der Waals surface area contributed by atoms with Crippen LogP contribution in [0, 0.1) is 5.92 Å². The summed E-state index contributed by atoms with van der Waals surface area (Å²) < 4.78 is 0. The van der Waals surface area contributed by atoms with Gasteiger partial charge in [-0.05, 0) is 19.3 Å². The third-order valence-electron chi connectivity index (χ3n) is 1.96. The van der Waals surface area contributed by atoms with Crippen LogP contribution in [0.2, 0.25) is 0 Å². The molecule has 0 aliphatic carbocycles. The average Bonchev–Trinajstić information content (AvgIpc) is 1.97. The van der Waals surface area contributed by atoms with E-state index in [9.17, 15) is 0 Å². The van der Waals surface area contributed by atoms with Gasteiger partial charge in [0.1, 0.15) is 0 Å². The van der Waals surface area contributed by atoms with E-state index >= 15 is 0 Å². The van der Waals surface area contributed by atoms with Gasteiger partial charge in [0.2, 0.25) is 0 Å². The molecule has 0 aliphatic rings. The van der Waals surface area contributed by atoms with Crippen molar-refractivity contribution in [2.45, 2.75) is 52.6 Å². The van der Waals surface area contributed by atoms with E-state index in [1.807, 2.05) is 0 Å². The lowest BCUT2D eigenvalue weighted by atomic mass is 10.1. The largest absolute Gasteiger partial charge is 0.106 e. The fourth-order valence-electron chi connectivity index (χ4n) is 1.18. The maximum atomic E-state index is 2.33. The van der Waals surface area contributed by atoms with Crippen LogP contribution in [0.15, 0.2) is 0 Å². The number of hydrogen-bond donors (Lipinski definition) is 0. The fourth-order valence-corrected chi connectivity index (χ4v) is 2.24. The molecule has 0 nitrogen and oxygen atoms in total. The summed E-state index contributed by atoms with van der Waals surface area (Å²) in [5, 5.41) is 0. The van der Waals surface area contributed by atoms with Crippen molar-refractivity contribution in [2.24, 2.45) is 5.92 Å². The van der Waals surface area contributed by atoms with Crippen LogP contribution in [0.5, 0.6) is 0 Å². The van der Waals surface area contributed by atoms with Crippen molar-refractivity contribution in [3.8, 4) is 0 Å². The van der Waals surface area contributed by atoms with Crippen LogP contribution in [0.1, 0.15) is 47.0 Å². The molecule has 0 amide bonds. The SMILES string of the molecule is CC=PC(CCCC)C(C)C. The normalized spacial score (nSPS) is 14.6. The van der Waals surface area contributed by atoms with Crippen molar-refractivity contribution in [2.75, 3.05) is 0 Å². The maximum Gasteiger partial charge on any atom is 0.00287 e. The van der Waals surface area contributed by atoms with E-state index in [4.69, 9.17) is 0 Å². The van der Waals surface area contributed by atoms with Crippen LogP contribution >= 0.6 is 8.20 Å². The highest BCUT2D eigenvalue weighted by Crippen LogP contribution is 2.22. The quantitative estimate of drug-likeness (QED) is 0.550. The van der Waals surface area contributed by atoms with Gasteiger partial charge < -0.3 is 0 Å². The Labute approximate surface area is 73.2 Å². The molecule has 0 aliphatic heterocycles. The lowest BCUT2D eigenvalue weighted by Gasteiger charge is -2.15. The molecular formula is C10H21P. The van der Waals surface area contributed by atoms with Crippen molar-refractivity contribution in [3.05, 3.63) is 0 Å². The minimum Gasteiger partial charge on any atom is -0.106 e.